The number of hydrogen-bond donors (Lipinski definition) is 2. The molecule has 0 saturated carbocycles. The zero-order valence-electron chi connectivity index (χ0n) is 9.19. The van der Waals surface area contributed by atoms with Crippen LogP contribution >= 0.6 is 0 Å². The molecule has 0 amide bonds. The number of rotatable bonds is 0. The predicted molar refractivity (Wildman–Crippen MR) is 56.8 cm³/mol. The van der Waals surface area contributed by atoms with Crippen molar-refractivity contribution in [2.24, 2.45) is 0 Å². The standard InChI is InChI=1S/C8H17N3.C2H6/c1-11-6-5-10-8(11)3-2-4-9-7-8;1-2/h9-10H,2-7H2,1H3;1-2H3. The molecule has 0 aromatic carbocycles. The second-order valence-electron chi connectivity index (χ2n) is 3.66. The number of nitrogens with one attached hydrogen (secondary N) is 2. The van der Waals surface area contributed by atoms with Crippen LogP contribution in [0.25, 0.3) is 0 Å². The van der Waals surface area contributed by atoms with Crippen LogP contribution in [0.1, 0.15) is 26.7 Å². The largest absolute Gasteiger partial charge is 0.314 e. The molecule has 3 heteroatoms. The van der Waals surface area contributed by atoms with E-state index in [4.69, 9.17) is 0 Å². The van der Waals surface area contributed by atoms with Gasteiger partial charge in [0.05, 0.1) is 5.66 Å². The molecule has 0 radical (unpaired) electrons. The Kier molecular flexibility index (Phi) is 4.16. The van der Waals surface area contributed by atoms with Crippen LogP contribution in [-0.4, -0.2) is 43.8 Å². The van der Waals surface area contributed by atoms with Crippen LogP contribution in [0.3, 0.4) is 0 Å². The maximum absolute atomic E-state index is 3.59. The molecular formula is C10H23N3. The average molecular weight is 185 g/mol. The van der Waals surface area contributed by atoms with Crippen LogP contribution in [-0.2, 0) is 0 Å². The first-order valence-electron chi connectivity index (χ1n) is 5.50. The first-order valence-corrected chi connectivity index (χ1v) is 5.50. The molecule has 2 aliphatic rings. The third-order valence-electron chi connectivity index (χ3n) is 2.99. The zero-order chi connectivity index (χ0) is 9.73. The highest BCUT2D eigenvalue weighted by atomic mass is 15.4. The summed E-state index contributed by atoms with van der Waals surface area (Å²) in [6, 6.07) is 0. The van der Waals surface area contributed by atoms with Crippen LogP contribution in [0.5, 0.6) is 0 Å². The Morgan fingerprint density at radius 1 is 1.23 bits per heavy atom. The minimum absolute atomic E-state index is 0.304. The Morgan fingerprint density at radius 3 is 2.46 bits per heavy atom. The lowest BCUT2D eigenvalue weighted by Crippen LogP contribution is -2.59. The number of hydrogen-bond acceptors (Lipinski definition) is 3. The van der Waals surface area contributed by atoms with E-state index in [1.54, 1.807) is 0 Å². The van der Waals surface area contributed by atoms with Gasteiger partial charge in [0, 0.05) is 19.6 Å². The van der Waals surface area contributed by atoms with Crippen molar-refractivity contribution >= 4 is 0 Å². The van der Waals surface area contributed by atoms with Gasteiger partial charge in [-0.2, -0.15) is 0 Å². The van der Waals surface area contributed by atoms with Crippen LogP contribution < -0.4 is 10.6 Å². The Morgan fingerprint density at radius 2 is 2.00 bits per heavy atom. The summed E-state index contributed by atoms with van der Waals surface area (Å²) in [5.41, 5.74) is 0.304. The van der Waals surface area contributed by atoms with Gasteiger partial charge in [0.15, 0.2) is 0 Å². The Balaban J connectivity index is 0.000000396. The molecule has 2 rings (SSSR count). The van der Waals surface area contributed by atoms with Crippen molar-refractivity contribution in [2.75, 3.05) is 33.2 Å². The Hall–Kier alpha value is -0.120. The summed E-state index contributed by atoms with van der Waals surface area (Å²) in [5, 5.41) is 7.03. The van der Waals surface area contributed by atoms with Gasteiger partial charge in [0.25, 0.3) is 0 Å². The van der Waals surface area contributed by atoms with E-state index in [1.165, 1.54) is 25.9 Å². The van der Waals surface area contributed by atoms with E-state index in [-0.39, 0.29) is 0 Å². The third-order valence-corrected chi connectivity index (χ3v) is 2.99. The minimum atomic E-state index is 0.304. The van der Waals surface area contributed by atoms with Gasteiger partial charge in [-0.1, -0.05) is 13.8 Å². The van der Waals surface area contributed by atoms with Crippen molar-refractivity contribution in [3.05, 3.63) is 0 Å². The molecule has 2 fully saturated rings. The van der Waals surface area contributed by atoms with E-state index in [0.717, 1.165) is 13.1 Å². The normalized spacial score (nSPS) is 34.4. The molecule has 0 aliphatic carbocycles. The summed E-state index contributed by atoms with van der Waals surface area (Å²) >= 11 is 0. The van der Waals surface area contributed by atoms with Crippen LogP contribution in [0.4, 0.5) is 0 Å². The van der Waals surface area contributed by atoms with Gasteiger partial charge >= 0.3 is 0 Å². The molecule has 3 nitrogen and oxygen atoms in total. The molecule has 0 aromatic rings. The molecule has 2 saturated heterocycles. The zero-order valence-corrected chi connectivity index (χ0v) is 9.19. The number of likely N-dealkylation sites (N-methyl/N-ethyl adjacent to an activating group) is 1. The summed E-state index contributed by atoms with van der Waals surface area (Å²) in [6.45, 7) is 8.65. The van der Waals surface area contributed by atoms with Gasteiger partial charge < -0.3 is 5.32 Å². The smallest absolute Gasteiger partial charge is 0.0839 e. The highest BCUT2D eigenvalue weighted by Gasteiger charge is 2.38. The molecule has 1 unspecified atom stereocenters. The van der Waals surface area contributed by atoms with E-state index in [9.17, 15) is 0 Å². The van der Waals surface area contributed by atoms with Gasteiger partial charge in [-0.3, -0.25) is 10.2 Å². The molecule has 78 valence electrons. The first-order chi connectivity index (χ1) is 6.33. The number of nitrogens with zero attached hydrogens (tertiary/aromatic N) is 1. The van der Waals surface area contributed by atoms with Gasteiger partial charge in [0.1, 0.15) is 0 Å². The fraction of sp³-hybridized carbons (Fsp3) is 1.00. The van der Waals surface area contributed by atoms with E-state index in [2.05, 4.69) is 22.6 Å². The van der Waals surface area contributed by atoms with E-state index in [1.807, 2.05) is 13.8 Å². The van der Waals surface area contributed by atoms with Crippen molar-refractivity contribution in [1.29, 1.82) is 0 Å². The second-order valence-corrected chi connectivity index (χ2v) is 3.66. The molecular weight excluding hydrogens is 162 g/mol. The minimum Gasteiger partial charge on any atom is -0.314 e. The summed E-state index contributed by atoms with van der Waals surface area (Å²) in [5.74, 6) is 0. The van der Waals surface area contributed by atoms with Gasteiger partial charge in [0.2, 0.25) is 0 Å². The molecule has 1 atom stereocenters. The summed E-state index contributed by atoms with van der Waals surface area (Å²) < 4.78 is 0. The third kappa shape index (κ3) is 2.22. The summed E-state index contributed by atoms with van der Waals surface area (Å²) in [7, 11) is 2.22. The summed E-state index contributed by atoms with van der Waals surface area (Å²) in [6.07, 6.45) is 2.60. The maximum atomic E-state index is 3.59. The lowest BCUT2D eigenvalue weighted by Gasteiger charge is -2.39. The quantitative estimate of drug-likeness (QED) is 0.579. The SMILES string of the molecule is CC.CN1CCNC12CCCNC2. The molecule has 2 N–H and O–H groups in total. The maximum Gasteiger partial charge on any atom is 0.0839 e. The van der Waals surface area contributed by atoms with Crippen molar-refractivity contribution in [3.63, 3.8) is 0 Å². The molecule has 2 aliphatic heterocycles. The lowest BCUT2D eigenvalue weighted by atomic mass is 10.00. The van der Waals surface area contributed by atoms with Crippen LogP contribution in [0.15, 0.2) is 0 Å². The summed E-state index contributed by atoms with van der Waals surface area (Å²) in [4.78, 5) is 2.44. The van der Waals surface area contributed by atoms with Crippen molar-refractivity contribution in [1.82, 2.24) is 15.5 Å². The Labute approximate surface area is 81.9 Å². The van der Waals surface area contributed by atoms with E-state index >= 15 is 0 Å². The van der Waals surface area contributed by atoms with Crippen molar-refractivity contribution in [3.8, 4) is 0 Å². The van der Waals surface area contributed by atoms with Crippen molar-refractivity contribution < 1.29 is 0 Å². The molecule has 0 aromatic heterocycles. The van der Waals surface area contributed by atoms with Crippen molar-refractivity contribution in [2.45, 2.75) is 32.4 Å². The molecule has 2 heterocycles. The topological polar surface area (TPSA) is 27.3 Å². The number of piperidine rings is 1. The van der Waals surface area contributed by atoms with E-state index < -0.39 is 0 Å². The van der Waals surface area contributed by atoms with Crippen LogP contribution in [0, 0.1) is 0 Å². The molecule has 1 spiro atoms. The lowest BCUT2D eigenvalue weighted by molar-refractivity contribution is 0.114. The predicted octanol–water partition coefficient (Wildman–Crippen LogP) is 0.627. The fourth-order valence-electron chi connectivity index (χ4n) is 2.17. The molecule has 13 heavy (non-hydrogen) atoms. The van der Waals surface area contributed by atoms with Gasteiger partial charge in [-0.25, -0.2) is 0 Å². The highest BCUT2D eigenvalue weighted by Crippen LogP contribution is 2.22. The first kappa shape index (κ1) is 11.0. The highest BCUT2D eigenvalue weighted by molar-refractivity contribution is 4.96. The second kappa shape index (κ2) is 4.94. The van der Waals surface area contributed by atoms with Crippen LogP contribution in [0.2, 0.25) is 0 Å². The monoisotopic (exact) mass is 185 g/mol. The fourth-order valence-corrected chi connectivity index (χ4v) is 2.17. The molecule has 0 bridgehead atoms. The Bertz CT molecular complexity index is 141. The van der Waals surface area contributed by atoms with Gasteiger partial charge in [-0.15, -0.1) is 0 Å². The van der Waals surface area contributed by atoms with Gasteiger partial charge in [-0.05, 0) is 26.4 Å². The van der Waals surface area contributed by atoms with E-state index in [0.29, 0.717) is 5.66 Å². The average Bonchev–Trinajstić information content (AvgIpc) is 2.53.